The summed E-state index contributed by atoms with van der Waals surface area (Å²) in [5, 5.41) is 0. The van der Waals surface area contributed by atoms with E-state index in [4.69, 9.17) is 9.47 Å². The first-order valence-electron chi connectivity index (χ1n) is 13.8. The van der Waals surface area contributed by atoms with Crippen LogP contribution in [0.4, 0.5) is 0 Å². The molecule has 4 rings (SSSR count). The lowest BCUT2D eigenvalue weighted by atomic mass is 9.69. The predicted octanol–water partition coefficient (Wildman–Crippen LogP) is 6.89. The molecule has 4 atom stereocenters. The SMILES string of the molecule is CC(C)=CCOC1CCC2C(=O)C(C)=C(C3CCCCC3)OC2C1C(=O)C=CC1CCCCC1. The van der Waals surface area contributed by atoms with Crippen molar-refractivity contribution in [3.8, 4) is 0 Å². The second-order valence-electron chi connectivity index (χ2n) is 11.3. The van der Waals surface area contributed by atoms with Crippen LogP contribution in [-0.2, 0) is 19.1 Å². The second kappa shape index (κ2) is 11.8. The van der Waals surface area contributed by atoms with Crippen molar-refractivity contribution in [1.29, 1.82) is 0 Å². The molecular formula is C30H44O4. The fourth-order valence-electron chi connectivity index (χ4n) is 6.53. The molecule has 4 heteroatoms. The molecule has 0 aromatic heterocycles. The number of carbonyl (C=O) groups is 2. The van der Waals surface area contributed by atoms with Crippen molar-refractivity contribution in [3.05, 3.63) is 35.1 Å². The van der Waals surface area contributed by atoms with Crippen LogP contribution in [0.2, 0.25) is 0 Å². The normalized spacial score (nSPS) is 31.3. The van der Waals surface area contributed by atoms with Crippen molar-refractivity contribution < 1.29 is 19.1 Å². The van der Waals surface area contributed by atoms with Gasteiger partial charge < -0.3 is 9.47 Å². The van der Waals surface area contributed by atoms with Gasteiger partial charge in [0.25, 0.3) is 0 Å². The Kier molecular flexibility index (Phi) is 8.85. The highest BCUT2D eigenvalue weighted by Gasteiger charge is 2.51. The highest BCUT2D eigenvalue weighted by molar-refractivity contribution is 6.00. The first-order valence-corrected chi connectivity index (χ1v) is 13.8. The van der Waals surface area contributed by atoms with Crippen molar-refractivity contribution in [1.82, 2.24) is 0 Å². The molecule has 34 heavy (non-hydrogen) atoms. The largest absolute Gasteiger partial charge is 0.492 e. The number of hydrogen-bond acceptors (Lipinski definition) is 4. The second-order valence-corrected chi connectivity index (χ2v) is 11.3. The molecule has 4 unspecified atom stereocenters. The van der Waals surface area contributed by atoms with Crippen LogP contribution in [0.3, 0.4) is 0 Å². The molecule has 1 heterocycles. The number of ether oxygens (including phenoxy) is 2. The summed E-state index contributed by atoms with van der Waals surface area (Å²) in [5.41, 5.74) is 2.01. The molecule has 1 aliphatic heterocycles. The average molecular weight is 469 g/mol. The van der Waals surface area contributed by atoms with Gasteiger partial charge in [0.2, 0.25) is 0 Å². The summed E-state index contributed by atoms with van der Waals surface area (Å²) < 4.78 is 13.0. The molecule has 3 fully saturated rings. The average Bonchev–Trinajstić information content (AvgIpc) is 2.85. The van der Waals surface area contributed by atoms with E-state index < -0.39 is 12.0 Å². The molecule has 0 N–H and O–H groups in total. The van der Waals surface area contributed by atoms with Crippen LogP contribution in [0.25, 0.3) is 0 Å². The Morgan fingerprint density at radius 2 is 1.65 bits per heavy atom. The first-order chi connectivity index (χ1) is 16.5. The van der Waals surface area contributed by atoms with Gasteiger partial charge in [0.1, 0.15) is 11.9 Å². The lowest BCUT2D eigenvalue weighted by Gasteiger charge is -2.45. The van der Waals surface area contributed by atoms with Crippen molar-refractivity contribution in [2.45, 2.75) is 110 Å². The molecule has 0 aromatic rings. The molecule has 3 aliphatic carbocycles. The van der Waals surface area contributed by atoms with Crippen LogP contribution in [0, 0.1) is 23.7 Å². The zero-order valence-corrected chi connectivity index (χ0v) is 21.5. The summed E-state index contributed by atoms with van der Waals surface area (Å²) in [6.45, 7) is 6.56. The summed E-state index contributed by atoms with van der Waals surface area (Å²) >= 11 is 0. The third kappa shape index (κ3) is 5.93. The van der Waals surface area contributed by atoms with E-state index >= 15 is 0 Å². The van der Waals surface area contributed by atoms with Crippen LogP contribution in [0.15, 0.2) is 35.1 Å². The van der Waals surface area contributed by atoms with Crippen LogP contribution in [-0.4, -0.2) is 30.4 Å². The van der Waals surface area contributed by atoms with E-state index in [1.165, 1.54) is 56.9 Å². The van der Waals surface area contributed by atoms with E-state index in [9.17, 15) is 9.59 Å². The van der Waals surface area contributed by atoms with Crippen molar-refractivity contribution >= 4 is 11.6 Å². The number of fused-ring (bicyclic) bond motifs is 1. The van der Waals surface area contributed by atoms with Crippen molar-refractivity contribution in [2.24, 2.45) is 23.7 Å². The summed E-state index contributed by atoms with van der Waals surface area (Å²) in [4.78, 5) is 27.2. The van der Waals surface area contributed by atoms with Gasteiger partial charge in [-0.2, -0.15) is 0 Å². The molecule has 0 aromatic carbocycles. The van der Waals surface area contributed by atoms with Gasteiger partial charge in [0.15, 0.2) is 11.6 Å². The Hall–Kier alpha value is -1.68. The molecule has 3 saturated carbocycles. The van der Waals surface area contributed by atoms with Crippen LogP contribution in [0.5, 0.6) is 0 Å². The van der Waals surface area contributed by atoms with Gasteiger partial charge in [-0.25, -0.2) is 0 Å². The Morgan fingerprint density at radius 1 is 0.971 bits per heavy atom. The monoisotopic (exact) mass is 468 g/mol. The molecule has 0 bridgehead atoms. The standard InChI is InChI=1S/C30H44O4/c1-20(2)18-19-33-26-17-15-24-28(32)21(3)29(23-12-8-5-9-13-23)34-30(24)27(26)25(31)16-14-22-10-6-4-7-11-22/h14,16,18,22-24,26-27,30H,4-13,15,17,19H2,1-3H3. The van der Waals surface area contributed by atoms with Gasteiger partial charge in [-0.3, -0.25) is 9.59 Å². The van der Waals surface area contributed by atoms with Gasteiger partial charge in [0, 0.05) is 11.5 Å². The zero-order valence-electron chi connectivity index (χ0n) is 21.5. The molecule has 0 spiro atoms. The van der Waals surface area contributed by atoms with E-state index in [2.05, 4.69) is 26.0 Å². The van der Waals surface area contributed by atoms with E-state index in [-0.39, 0.29) is 23.6 Å². The maximum atomic E-state index is 13.7. The fraction of sp³-hybridized carbons (Fsp3) is 0.733. The number of carbonyl (C=O) groups excluding carboxylic acids is 2. The van der Waals surface area contributed by atoms with Crippen LogP contribution >= 0.6 is 0 Å². The summed E-state index contributed by atoms with van der Waals surface area (Å²) in [6.07, 6.45) is 18.8. The molecule has 0 radical (unpaired) electrons. The highest BCUT2D eigenvalue weighted by Crippen LogP contribution is 2.44. The van der Waals surface area contributed by atoms with E-state index in [0.717, 1.165) is 37.0 Å². The van der Waals surface area contributed by atoms with Gasteiger partial charge in [-0.05, 0) is 71.3 Å². The Labute approximate surface area is 206 Å². The minimum absolute atomic E-state index is 0.0813. The maximum Gasteiger partial charge on any atom is 0.168 e. The van der Waals surface area contributed by atoms with Crippen LogP contribution < -0.4 is 0 Å². The lowest BCUT2D eigenvalue weighted by Crippen LogP contribution is -2.53. The summed E-state index contributed by atoms with van der Waals surface area (Å²) in [6, 6.07) is 0. The number of allylic oxidation sites excluding steroid dienone is 5. The van der Waals surface area contributed by atoms with E-state index in [1.54, 1.807) is 6.08 Å². The Balaban J connectivity index is 1.58. The Morgan fingerprint density at radius 3 is 2.32 bits per heavy atom. The third-order valence-corrected chi connectivity index (χ3v) is 8.54. The maximum absolute atomic E-state index is 13.7. The summed E-state index contributed by atoms with van der Waals surface area (Å²) in [5.74, 6) is 1.33. The topological polar surface area (TPSA) is 52.6 Å². The minimum Gasteiger partial charge on any atom is -0.492 e. The number of Topliss-reactive ketones (excluding diaryl/α,β-unsaturated/α-hetero) is 1. The van der Waals surface area contributed by atoms with Crippen molar-refractivity contribution in [2.75, 3.05) is 6.61 Å². The molecule has 0 amide bonds. The minimum atomic E-state index is -0.417. The smallest absolute Gasteiger partial charge is 0.168 e. The Bertz CT molecular complexity index is 819. The number of rotatable bonds is 7. The zero-order chi connectivity index (χ0) is 24.1. The lowest BCUT2D eigenvalue weighted by molar-refractivity contribution is -0.151. The molecule has 4 nitrogen and oxygen atoms in total. The summed E-state index contributed by atoms with van der Waals surface area (Å²) in [7, 11) is 0. The van der Waals surface area contributed by atoms with Gasteiger partial charge >= 0.3 is 0 Å². The van der Waals surface area contributed by atoms with E-state index in [0.29, 0.717) is 18.4 Å². The highest BCUT2D eigenvalue weighted by atomic mass is 16.5. The third-order valence-electron chi connectivity index (χ3n) is 8.54. The van der Waals surface area contributed by atoms with Gasteiger partial charge in [-0.15, -0.1) is 0 Å². The van der Waals surface area contributed by atoms with Gasteiger partial charge in [-0.1, -0.05) is 56.3 Å². The predicted molar refractivity (Wildman–Crippen MR) is 135 cm³/mol. The number of ketones is 2. The molecular weight excluding hydrogens is 424 g/mol. The van der Waals surface area contributed by atoms with Crippen LogP contribution in [0.1, 0.15) is 97.8 Å². The molecule has 4 aliphatic rings. The molecule has 0 saturated heterocycles. The first kappa shape index (κ1) is 25.4. The quantitative estimate of drug-likeness (QED) is 0.301. The number of hydrogen-bond donors (Lipinski definition) is 0. The van der Waals surface area contributed by atoms with E-state index in [1.807, 2.05) is 6.92 Å². The van der Waals surface area contributed by atoms with Crippen molar-refractivity contribution in [3.63, 3.8) is 0 Å². The molecule has 188 valence electrons. The van der Waals surface area contributed by atoms with Gasteiger partial charge in [0.05, 0.1) is 24.5 Å². The fourth-order valence-corrected chi connectivity index (χ4v) is 6.53.